The molecule has 0 bridgehead atoms. The summed E-state index contributed by atoms with van der Waals surface area (Å²) in [6.45, 7) is 3.68. The SMILES string of the molecule is O=c1c2ccccc2nc(SCC[NH+]2CCCCC2)n1-c1ccccc1. The molecule has 2 heterocycles. The quantitative estimate of drug-likeness (QED) is 0.557. The predicted octanol–water partition coefficient (Wildman–Crippen LogP) is 2.55. The number of para-hydroxylation sites is 2. The van der Waals surface area contributed by atoms with Crippen molar-refractivity contribution in [2.75, 3.05) is 25.4 Å². The normalized spacial score (nSPS) is 15.4. The van der Waals surface area contributed by atoms with Crippen molar-refractivity contribution in [3.05, 3.63) is 65.0 Å². The molecule has 1 aliphatic rings. The standard InChI is InChI=1S/C21H23N3OS/c25-20-18-11-5-6-12-19(18)22-21(24(20)17-9-3-1-4-10-17)26-16-15-23-13-7-2-8-14-23/h1,3-6,9-12H,2,7-8,13-16H2/p+1. The second-order valence-electron chi connectivity index (χ2n) is 6.80. The Balaban J connectivity index is 1.66. The number of hydrogen-bond donors (Lipinski definition) is 1. The number of rotatable bonds is 5. The van der Waals surface area contributed by atoms with E-state index in [9.17, 15) is 4.79 Å². The van der Waals surface area contributed by atoms with E-state index < -0.39 is 0 Å². The number of nitrogens with one attached hydrogen (secondary N) is 1. The van der Waals surface area contributed by atoms with Gasteiger partial charge in [0.1, 0.15) is 0 Å². The average molecular weight is 367 g/mol. The number of quaternary nitrogens is 1. The molecule has 0 saturated carbocycles. The van der Waals surface area contributed by atoms with Gasteiger partial charge < -0.3 is 4.90 Å². The van der Waals surface area contributed by atoms with Gasteiger partial charge in [0, 0.05) is 0 Å². The summed E-state index contributed by atoms with van der Waals surface area (Å²) < 4.78 is 1.76. The number of thioether (sulfide) groups is 1. The molecule has 3 aromatic rings. The van der Waals surface area contributed by atoms with Crippen molar-refractivity contribution in [3.63, 3.8) is 0 Å². The molecule has 5 heteroatoms. The molecule has 0 radical (unpaired) electrons. The second-order valence-corrected chi connectivity index (χ2v) is 7.86. The molecule has 1 N–H and O–H groups in total. The van der Waals surface area contributed by atoms with Crippen LogP contribution in [0, 0.1) is 0 Å². The Bertz CT molecular complexity index is 933. The smallest absolute Gasteiger partial charge is 0.266 e. The van der Waals surface area contributed by atoms with Crippen molar-refractivity contribution in [3.8, 4) is 5.69 Å². The minimum absolute atomic E-state index is 0.00891. The van der Waals surface area contributed by atoms with E-state index >= 15 is 0 Å². The lowest BCUT2D eigenvalue weighted by molar-refractivity contribution is -0.902. The van der Waals surface area contributed by atoms with Gasteiger partial charge in [-0.1, -0.05) is 42.1 Å². The number of hydrogen-bond acceptors (Lipinski definition) is 3. The van der Waals surface area contributed by atoms with Gasteiger partial charge in [-0.3, -0.25) is 9.36 Å². The van der Waals surface area contributed by atoms with Gasteiger partial charge in [-0.2, -0.15) is 0 Å². The maximum atomic E-state index is 13.1. The van der Waals surface area contributed by atoms with Gasteiger partial charge in [0.15, 0.2) is 5.16 Å². The Morgan fingerprint density at radius 3 is 2.50 bits per heavy atom. The maximum absolute atomic E-state index is 13.1. The van der Waals surface area contributed by atoms with Crippen molar-refractivity contribution in [1.82, 2.24) is 9.55 Å². The molecule has 26 heavy (non-hydrogen) atoms. The molecular formula is C21H24N3OS+. The van der Waals surface area contributed by atoms with Gasteiger partial charge in [-0.25, -0.2) is 4.98 Å². The molecule has 0 unspecified atom stereocenters. The highest BCUT2D eigenvalue weighted by molar-refractivity contribution is 7.99. The number of likely N-dealkylation sites (tertiary alicyclic amines) is 1. The predicted molar refractivity (Wildman–Crippen MR) is 107 cm³/mol. The van der Waals surface area contributed by atoms with Gasteiger partial charge in [-0.15, -0.1) is 0 Å². The highest BCUT2D eigenvalue weighted by Crippen LogP contribution is 2.20. The molecule has 1 fully saturated rings. The Morgan fingerprint density at radius 1 is 0.962 bits per heavy atom. The summed E-state index contributed by atoms with van der Waals surface area (Å²) in [5.74, 6) is 0.979. The number of fused-ring (bicyclic) bond motifs is 1. The lowest BCUT2D eigenvalue weighted by Gasteiger charge is -2.23. The maximum Gasteiger partial charge on any atom is 0.266 e. The van der Waals surface area contributed by atoms with Crippen LogP contribution in [0.4, 0.5) is 0 Å². The van der Waals surface area contributed by atoms with E-state index in [-0.39, 0.29) is 5.56 Å². The number of benzene rings is 2. The molecule has 4 rings (SSSR count). The van der Waals surface area contributed by atoms with Crippen molar-refractivity contribution in [2.24, 2.45) is 0 Å². The van der Waals surface area contributed by atoms with Crippen LogP contribution in [0.5, 0.6) is 0 Å². The van der Waals surface area contributed by atoms with Crippen LogP contribution < -0.4 is 10.5 Å². The van der Waals surface area contributed by atoms with E-state index in [2.05, 4.69) is 0 Å². The molecule has 1 saturated heterocycles. The Hall–Kier alpha value is -2.11. The summed E-state index contributed by atoms with van der Waals surface area (Å²) in [5, 5.41) is 1.46. The zero-order valence-electron chi connectivity index (χ0n) is 14.9. The van der Waals surface area contributed by atoms with Crippen molar-refractivity contribution in [1.29, 1.82) is 0 Å². The number of aromatic nitrogens is 2. The van der Waals surface area contributed by atoms with Crippen LogP contribution in [0.25, 0.3) is 16.6 Å². The second kappa shape index (κ2) is 8.06. The number of nitrogens with zero attached hydrogens (tertiary/aromatic N) is 2. The molecule has 4 nitrogen and oxygen atoms in total. The fourth-order valence-electron chi connectivity index (χ4n) is 3.60. The summed E-state index contributed by atoms with van der Waals surface area (Å²) in [6, 6.07) is 17.4. The molecule has 0 aliphatic carbocycles. The van der Waals surface area contributed by atoms with Crippen LogP contribution in [0.2, 0.25) is 0 Å². The summed E-state index contributed by atoms with van der Waals surface area (Å²) in [4.78, 5) is 19.6. The van der Waals surface area contributed by atoms with Gasteiger partial charge in [-0.05, 0) is 43.5 Å². The molecule has 2 aromatic carbocycles. The third-order valence-corrected chi connectivity index (χ3v) is 5.95. The van der Waals surface area contributed by atoms with Crippen molar-refractivity contribution in [2.45, 2.75) is 24.4 Å². The summed E-state index contributed by atoms with van der Waals surface area (Å²) in [6.07, 6.45) is 4.04. The summed E-state index contributed by atoms with van der Waals surface area (Å²) in [7, 11) is 0. The van der Waals surface area contributed by atoms with Gasteiger partial charge in [0.2, 0.25) is 0 Å². The fraction of sp³-hybridized carbons (Fsp3) is 0.333. The summed E-state index contributed by atoms with van der Waals surface area (Å²) >= 11 is 1.70. The average Bonchev–Trinajstić information content (AvgIpc) is 2.70. The molecule has 0 amide bonds. The van der Waals surface area contributed by atoms with Crippen molar-refractivity contribution >= 4 is 22.7 Å². The van der Waals surface area contributed by atoms with Crippen LogP contribution in [0.15, 0.2) is 64.5 Å². The van der Waals surface area contributed by atoms with Crippen LogP contribution >= 0.6 is 11.8 Å². The highest BCUT2D eigenvalue weighted by Gasteiger charge is 2.16. The molecule has 134 valence electrons. The van der Waals surface area contributed by atoms with E-state index in [1.807, 2.05) is 54.6 Å². The lowest BCUT2D eigenvalue weighted by Crippen LogP contribution is -3.13. The molecule has 1 aromatic heterocycles. The van der Waals surface area contributed by atoms with E-state index in [0.717, 1.165) is 28.7 Å². The molecular weight excluding hydrogens is 342 g/mol. The van der Waals surface area contributed by atoms with E-state index in [1.165, 1.54) is 32.4 Å². The first kappa shape index (κ1) is 17.3. The monoisotopic (exact) mass is 366 g/mol. The zero-order valence-corrected chi connectivity index (χ0v) is 15.7. The molecule has 0 spiro atoms. The van der Waals surface area contributed by atoms with Gasteiger partial charge >= 0.3 is 0 Å². The first-order chi connectivity index (χ1) is 12.8. The summed E-state index contributed by atoms with van der Waals surface area (Å²) in [5.41, 5.74) is 1.66. The Morgan fingerprint density at radius 2 is 1.69 bits per heavy atom. The molecule has 0 atom stereocenters. The first-order valence-electron chi connectivity index (χ1n) is 9.36. The van der Waals surface area contributed by atoms with Gasteiger partial charge in [0.05, 0.1) is 42.0 Å². The first-order valence-corrected chi connectivity index (χ1v) is 10.3. The van der Waals surface area contributed by atoms with Crippen LogP contribution in [-0.2, 0) is 0 Å². The lowest BCUT2D eigenvalue weighted by atomic mass is 10.1. The van der Waals surface area contributed by atoms with Crippen molar-refractivity contribution < 1.29 is 4.90 Å². The van der Waals surface area contributed by atoms with E-state index in [4.69, 9.17) is 4.98 Å². The van der Waals surface area contributed by atoms with Crippen LogP contribution in [0.3, 0.4) is 0 Å². The largest absolute Gasteiger partial charge is 0.334 e. The topological polar surface area (TPSA) is 39.3 Å². The molecule has 1 aliphatic heterocycles. The zero-order chi connectivity index (χ0) is 17.8. The third kappa shape index (κ3) is 3.69. The Kier molecular flexibility index (Phi) is 5.37. The van der Waals surface area contributed by atoms with E-state index in [1.54, 1.807) is 21.2 Å². The highest BCUT2D eigenvalue weighted by atomic mass is 32.2. The van der Waals surface area contributed by atoms with Gasteiger partial charge in [0.25, 0.3) is 5.56 Å². The van der Waals surface area contributed by atoms with Crippen LogP contribution in [-0.4, -0.2) is 34.9 Å². The minimum Gasteiger partial charge on any atom is -0.334 e. The number of piperidine rings is 1. The van der Waals surface area contributed by atoms with Crippen LogP contribution in [0.1, 0.15) is 19.3 Å². The van der Waals surface area contributed by atoms with E-state index in [0.29, 0.717) is 5.39 Å². The third-order valence-electron chi connectivity index (χ3n) is 5.01. The Labute approximate surface area is 157 Å². The minimum atomic E-state index is 0.00891. The fourth-order valence-corrected chi connectivity index (χ4v) is 4.66.